The summed E-state index contributed by atoms with van der Waals surface area (Å²) in [6.45, 7) is 3.20. The van der Waals surface area contributed by atoms with E-state index in [4.69, 9.17) is 5.11 Å². The molecule has 0 aliphatic rings. The SMILES string of the molecule is CC(CO)CCCNc1nc2ccccc2[nH]1. The highest BCUT2D eigenvalue weighted by Crippen LogP contribution is 2.13. The summed E-state index contributed by atoms with van der Waals surface area (Å²) in [5, 5.41) is 12.2. The molecule has 0 radical (unpaired) electrons. The van der Waals surface area contributed by atoms with Crippen LogP contribution >= 0.6 is 0 Å². The lowest BCUT2D eigenvalue weighted by atomic mass is 10.1. The number of rotatable bonds is 6. The zero-order chi connectivity index (χ0) is 12.1. The molecule has 4 heteroatoms. The van der Waals surface area contributed by atoms with Crippen molar-refractivity contribution in [3.05, 3.63) is 24.3 Å². The van der Waals surface area contributed by atoms with Crippen molar-refractivity contribution in [1.29, 1.82) is 0 Å². The van der Waals surface area contributed by atoms with Crippen molar-refractivity contribution in [2.45, 2.75) is 19.8 Å². The van der Waals surface area contributed by atoms with E-state index in [0.29, 0.717) is 5.92 Å². The van der Waals surface area contributed by atoms with Gasteiger partial charge in [0.15, 0.2) is 0 Å². The van der Waals surface area contributed by atoms with Gasteiger partial charge in [-0.05, 0) is 30.9 Å². The summed E-state index contributed by atoms with van der Waals surface area (Å²) < 4.78 is 0. The van der Waals surface area contributed by atoms with Crippen LogP contribution in [0.25, 0.3) is 11.0 Å². The van der Waals surface area contributed by atoms with Crippen molar-refractivity contribution in [2.75, 3.05) is 18.5 Å². The Hall–Kier alpha value is -1.55. The highest BCUT2D eigenvalue weighted by molar-refractivity contribution is 5.77. The fourth-order valence-corrected chi connectivity index (χ4v) is 1.79. The number of aliphatic hydroxyl groups excluding tert-OH is 1. The van der Waals surface area contributed by atoms with Gasteiger partial charge in [0.2, 0.25) is 5.95 Å². The molecule has 1 heterocycles. The summed E-state index contributed by atoms with van der Waals surface area (Å²) in [4.78, 5) is 7.66. The lowest BCUT2D eigenvalue weighted by molar-refractivity contribution is 0.229. The van der Waals surface area contributed by atoms with E-state index < -0.39 is 0 Å². The minimum absolute atomic E-state index is 0.268. The maximum atomic E-state index is 8.91. The standard InChI is InChI=1S/C13H19N3O/c1-10(9-17)5-4-8-14-13-15-11-6-2-3-7-12(11)16-13/h2-3,6-7,10,17H,4-5,8-9H2,1H3,(H2,14,15,16). The summed E-state index contributed by atoms with van der Waals surface area (Å²) in [6.07, 6.45) is 2.07. The Morgan fingerprint density at radius 1 is 1.41 bits per heavy atom. The quantitative estimate of drug-likeness (QED) is 0.671. The van der Waals surface area contributed by atoms with E-state index in [1.54, 1.807) is 0 Å². The van der Waals surface area contributed by atoms with Crippen molar-refractivity contribution >= 4 is 17.0 Å². The second kappa shape index (κ2) is 5.68. The maximum absolute atomic E-state index is 8.91. The van der Waals surface area contributed by atoms with E-state index in [2.05, 4.69) is 22.2 Å². The number of aromatic nitrogens is 2. The average Bonchev–Trinajstić information content (AvgIpc) is 2.76. The number of aromatic amines is 1. The lowest BCUT2D eigenvalue weighted by Gasteiger charge is -2.07. The Kier molecular flexibility index (Phi) is 3.98. The number of imidazole rings is 1. The largest absolute Gasteiger partial charge is 0.396 e. The first kappa shape index (κ1) is 11.9. The molecule has 0 aliphatic heterocycles. The molecule has 1 aromatic carbocycles. The zero-order valence-corrected chi connectivity index (χ0v) is 10.1. The number of benzene rings is 1. The molecule has 4 nitrogen and oxygen atoms in total. The normalized spacial score (nSPS) is 12.8. The number of nitrogens with one attached hydrogen (secondary N) is 2. The van der Waals surface area contributed by atoms with Gasteiger partial charge < -0.3 is 15.4 Å². The third kappa shape index (κ3) is 3.20. The number of fused-ring (bicyclic) bond motifs is 1. The molecular formula is C13H19N3O. The van der Waals surface area contributed by atoms with Gasteiger partial charge in [-0.1, -0.05) is 19.1 Å². The highest BCUT2D eigenvalue weighted by Gasteiger charge is 2.02. The van der Waals surface area contributed by atoms with Crippen LogP contribution in [0.2, 0.25) is 0 Å². The van der Waals surface area contributed by atoms with Gasteiger partial charge in [-0.3, -0.25) is 0 Å². The lowest BCUT2D eigenvalue weighted by Crippen LogP contribution is -2.07. The van der Waals surface area contributed by atoms with E-state index in [-0.39, 0.29) is 6.61 Å². The van der Waals surface area contributed by atoms with Crippen molar-refractivity contribution in [1.82, 2.24) is 9.97 Å². The van der Waals surface area contributed by atoms with Crippen molar-refractivity contribution in [3.8, 4) is 0 Å². The molecular weight excluding hydrogens is 214 g/mol. The fourth-order valence-electron chi connectivity index (χ4n) is 1.79. The number of para-hydroxylation sites is 2. The molecule has 1 aromatic heterocycles. The topological polar surface area (TPSA) is 60.9 Å². The number of aliphatic hydroxyl groups is 1. The van der Waals surface area contributed by atoms with Crippen LogP contribution in [0.15, 0.2) is 24.3 Å². The molecule has 2 aromatic rings. The number of hydrogen-bond acceptors (Lipinski definition) is 3. The van der Waals surface area contributed by atoms with Crippen LogP contribution in [0.1, 0.15) is 19.8 Å². The monoisotopic (exact) mass is 233 g/mol. The minimum Gasteiger partial charge on any atom is -0.396 e. The summed E-state index contributed by atoms with van der Waals surface area (Å²) in [6, 6.07) is 7.98. The van der Waals surface area contributed by atoms with Gasteiger partial charge in [-0.15, -0.1) is 0 Å². The first-order chi connectivity index (χ1) is 8.29. The zero-order valence-electron chi connectivity index (χ0n) is 10.1. The number of nitrogens with zero attached hydrogens (tertiary/aromatic N) is 1. The summed E-state index contributed by atoms with van der Waals surface area (Å²) in [5.74, 6) is 1.20. The summed E-state index contributed by atoms with van der Waals surface area (Å²) >= 11 is 0. The smallest absolute Gasteiger partial charge is 0.201 e. The predicted molar refractivity (Wildman–Crippen MR) is 70.1 cm³/mol. The van der Waals surface area contributed by atoms with Crippen LogP contribution in [-0.4, -0.2) is 28.2 Å². The first-order valence-electron chi connectivity index (χ1n) is 6.09. The highest BCUT2D eigenvalue weighted by atomic mass is 16.3. The molecule has 0 fully saturated rings. The molecule has 0 bridgehead atoms. The van der Waals surface area contributed by atoms with E-state index in [1.807, 2.05) is 24.3 Å². The van der Waals surface area contributed by atoms with Crippen LogP contribution in [0, 0.1) is 5.92 Å². The van der Waals surface area contributed by atoms with E-state index in [1.165, 1.54) is 0 Å². The third-order valence-corrected chi connectivity index (χ3v) is 2.87. The Balaban J connectivity index is 1.83. The molecule has 1 atom stereocenters. The van der Waals surface area contributed by atoms with Gasteiger partial charge in [0.1, 0.15) is 0 Å². The van der Waals surface area contributed by atoms with Crippen LogP contribution in [-0.2, 0) is 0 Å². The van der Waals surface area contributed by atoms with Crippen LogP contribution < -0.4 is 5.32 Å². The minimum atomic E-state index is 0.268. The Morgan fingerprint density at radius 3 is 3.00 bits per heavy atom. The third-order valence-electron chi connectivity index (χ3n) is 2.87. The second-order valence-corrected chi connectivity index (χ2v) is 4.46. The first-order valence-corrected chi connectivity index (χ1v) is 6.09. The summed E-state index contributed by atoms with van der Waals surface area (Å²) in [7, 11) is 0. The maximum Gasteiger partial charge on any atom is 0.201 e. The fraction of sp³-hybridized carbons (Fsp3) is 0.462. The molecule has 17 heavy (non-hydrogen) atoms. The Labute approximate surface area is 101 Å². The average molecular weight is 233 g/mol. The number of hydrogen-bond donors (Lipinski definition) is 3. The van der Waals surface area contributed by atoms with Gasteiger partial charge in [0, 0.05) is 13.2 Å². The van der Waals surface area contributed by atoms with Crippen LogP contribution in [0.5, 0.6) is 0 Å². The van der Waals surface area contributed by atoms with Gasteiger partial charge in [0.25, 0.3) is 0 Å². The molecule has 0 aliphatic carbocycles. The Bertz CT molecular complexity index is 433. The Morgan fingerprint density at radius 2 is 2.24 bits per heavy atom. The van der Waals surface area contributed by atoms with Crippen LogP contribution in [0.4, 0.5) is 5.95 Å². The van der Waals surface area contributed by atoms with E-state index in [9.17, 15) is 0 Å². The van der Waals surface area contributed by atoms with E-state index in [0.717, 1.165) is 36.4 Å². The van der Waals surface area contributed by atoms with Crippen molar-refractivity contribution in [3.63, 3.8) is 0 Å². The second-order valence-electron chi connectivity index (χ2n) is 4.46. The number of H-pyrrole nitrogens is 1. The summed E-state index contributed by atoms with van der Waals surface area (Å²) in [5.41, 5.74) is 2.04. The van der Waals surface area contributed by atoms with Gasteiger partial charge in [-0.25, -0.2) is 4.98 Å². The van der Waals surface area contributed by atoms with E-state index >= 15 is 0 Å². The van der Waals surface area contributed by atoms with Crippen LogP contribution in [0.3, 0.4) is 0 Å². The van der Waals surface area contributed by atoms with Crippen molar-refractivity contribution < 1.29 is 5.11 Å². The molecule has 0 amide bonds. The van der Waals surface area contributed by atoms with Crippen molar-refractivity contribution in [2.24, 2.45) is 5.92 Å². The molecule has 92 valence electrons. The molecule has 0 saturated heterocycles. The molecule has 0 saturated carbocycles. The predicted octanol–water partition coefficient (Wildman–Crippen LogP) is 2.38. The van der Waals surface area contributed by atoms with Gasteiger partial charge >= 0.3 is 0 Å². The number of anilines is 1. The molecule has 1 unspecified atom stereocenters. The van der Waals surface area contributed by atoms with Gasteiger partial charge in [-0.2, -0.15) is 0 Å². The van der Waals surface area contributed by atoms with Gasteiger partial charge in [0.05, 0.1) is 11.0 Å². The molecule has 0 spiro atoms. The molecule has 3 N–H and O–H groups in total. The molecule has 2 rings (SSSR count).